The van der Waals surface area contributed by atoms with Crippen LogP contribution in [-0.4, -0.2) is 31.6 Å². The molecule has 0 unspecified atom stereocenters. The summed E-state index contributed by atoms with van der Waals surface area (Å²) in [4.78, 5) is 15.1. The molecule has 6 nitrogen and oxygen atoms in total. The third kappa shape index (κ3) is 3.99. The molecule has 18 heavy (non-hydrogen) atoms. The van der Waals surface area contributed by atoms with E-state index in [2.05, 4.69) is 10.3 Å². The number of rotatable bonds is 6. The standard InChI is InChI=1S/C11H17N3O3S/c1-2-3-5-14-11(15)8-18(16,17)10-4-6-13-7-9(10)12/h4,6-7H,2-3,5,8,12H2,1H3,(H,14,15). The van der Waals surface area contributed by atoms with Crippen LogP contribution in [0.25, 0.3) is 0 Å². The highest BCUT2D eigenvalue weighted by Crippen LogP contribution is 2.17. The van der Waals surface area contributed by atoms with Gasteiger partial charge in [-0.25, -0.2) is 8.42 Å². The minimum Gasteiger partial charge on any atom is -0.396 e. The van der Waals surface area contributed by atoms with Gasteiger partial charge in [0.2, 0.25) is 5.91 Å². The van der Waals surface area contributed by atoms with Crippen LogP contribution in [0.4, 0.5) is 5.69 Å². The maximum atomic E-state index is 11.9. The summed E-state index contributed by atoms with van der Waals surface area (Å²) in [5.74, 6) is -1.11. The SMILES string of the molecule is CCCCNC(=O)CS(=O)(=O)c1ccncc1N. The molecule has 0 saturated heterocycles. The molecule has 0 fully saturated rings. The number of pyridine rings is 1. The maximum Gasteiger partial charge on any atom is 0.235 e. The van der Waals surface area contributed by atoms with Crippen molar-refractivity contribution in [3.05, 3.63) is 18.5 Å². The van der Waals surface area contributed by atoms with Crippen molar-refractivity contribution in [1.82, 2.24) is 10.3 Å². The Morgan fingerprint density at radius 3 is 2.83 bits per heavy atom. The number of nitrogen functional groups attached to an aromatic ring is 1. The maximum absolute atomic E-state index is 11.9. The van der Waals surface area contributed by atoms with Gasteiger partial charge in [-0.15, -0.1) is 0 Å². The number of nitrogens with two attached hydrogens (primary N) is 1. The Kier molecular flexibility index (Phi) is 5.08. The molecule has 100 valence electrons. The Bertz CT molecular complexity index is 514. The first-order valence-electron chi connectivity index (χ1n) is 5.66. The quantitative estimate of drug-likeness (QED) is 0.727. The van der Waals surface area contributed by atoms with E-state index < -0.39 is 21.5 Å². The van der Waals surface area contributed by atoms with Crippen molar-refractivity contribution in [3.8, 4) is 0 Å². The summed E-state index contributed by atoms with van der Waals surface area (Å²) in [7, 11) is -3.70. The number of nitrogens with one attached hydrogen (secondary N) is 1. The zero-order chi connectivity index (χ0) is 13.6. The molecule has 0 atom stereocenters. The molecule has 1 aromatic heterocycles. The van der Waals surface area contributed by atoms with Crippen molar-refractivity contribution in [1.29, 1.82) is 0 Å². The number of carbonyl (C=O) groups excluding carboxylic acids is 1. The van der Waals surface area contributed by atoms with Gasteiger partial charge >= 0.3 is 0 Å². The van der Waals surface area contributed by atoms with Crippen molar-refractivity contribution >= 4 is 21.4 Å². The Hall–Kier alpha value is -1.63. The molecule has 0 saturated carbocycles. The number of amides is 1. The molecule has 0 aromatic carbocycles. The highest BCUT2D eigenvalue weighted by Gasteiger charge is 2.21. The molecule has 3 N–H and O–H groups in total. The highest BCUT2D eigenvalue weighted by atomic mass is 32.2. The van der Waals surface area contributed by atoms with Gasteiger partial charge in [-0.2, -0.15) is 0 Å². The molecule has 0 aliphatic rings. The van der Waals surface area contributed by atoms with Crippen LogP contribution >= 0.6 is 0 Å². The van der Waals surface area contributed by atoms with Gasteiger partial charge in [-0.1, -0.05) is 13.3 Å². The average Bonchev–Trinajstić information content (AvgIpc) is 2.29. The second kappa shape index (κ2) is 6.34. The van der Waals surface area contributed by atoms with Crippen LogP contribution < -0.4 is 11.1 Å². The van der Waals surface area contributed by atoms with Crippen LogP contribution in [0.1, 0.15) is 19.8 Å². The number of hydrogen-bond donors (Lipinski definition) is 2. The van der Waals surface area contributed by atoms with E-state index in [0.29, 0.717) is 6.54 Å². The van der Waals surface area contributed by atoms with Gasteiger partial charge in [0.15, 0.2) is 9.84 Å². The second-order valence-corrected chi connectivity index (χ2v) is 5.83. The topological polar surface area (TPSA) is 102 Å². The zero-order valence-electron chi connectivity index (χ0n) is 10.2. The summed E-state index contributed by atoms with van der Waals surface area (Å²) >= 11 is 0. The van der Waals surface area contributed by atoms with E-state index in [1.54, 1.807) is 0 Å². The van der Waals surface area contributed by atoms with Crippen molar-refractivity contribution in [3.63, 3.8) is 0 Å². The number of carbonyl (C=O) groups is 1. The summed E-state index contributed by atoms with van der Waals surface area (Å²) < 4.78 is 23.9. The third-order valence-electron chi connectivity index (χ3n) is 2.32. The van der Waals surface area contributed by atoms with Gasteiger partial charge < -0.3 is 11.1 Å². The predicted octanol–water partition coefficient (Wildman–Crippen LogP) is 0.354. The van der Waals surface area contributed by atoms with Crippen molar-refractivity contribution in [2.75, 3.05) is 18.0 Å². The van der Waals surface area contributed by atoms with Crippen LogP contribution in [0, 0.1) is 0 Å². The highest BCUT2D eigenvalue weighted by molar-refractivity contribution is 7.92. The first kappa shape index (κ1) is 14.4. The lowest BCUT2D eigenvalue weighted by Gasteiger charge is -2.07. The molecular formula is C11H17N3O3S. The Labute approximate surface area is 107 Å². The molecule has 0 spiro atoms. The lowest BCUT2D eigenvalue weighted by atomic mass is 10.3. The van der Waals surface area contributed by atoms with E-state index in [9.17, 15) is 13.2 Å². The van der Waals surface area contributed by atoms with Crippen LogP contribution in [0.2, 0.25) is 0 Å². The fraction of sp³-hybridized carbons (Fsp3) is 0.455. The van der Waals surface area contributed by atoms with Gasteiger partial charge in [0.05, 0.1) is 16.8 Å². The van der Waals surface area contributed by atoms with Crippen molar-refractivity contribution in [2.24, 2.45) is 0 Å². The smallest absolute Gasteiger partial charge is 0.235 e. The number of nitrogens with zero attached hydrogens (tertiary/aromatic N) is 1. The first-order chi connectivity index (χ1) is 8.47. The monoisotopic (exact) mass is 271 g/mol. The summed E-state index contributed by atoms with van der Waals surface area (Å²) in [6.07, 6.45) is 4.34. The molecule has 7 heteroatoms. The lowest BCUT2D eigenvalue weighted by molar-refractivity contribution is -0.118. The molecule has 1 heterocycles. The molecule has 1 amide bonds. The molecule has 0 aliphatic carbocycles. The largest absolute Gasteiger partial charge is 0.396 e. The minimum absolute atomic E-state index is 0.0526. The fourth-order valence-corrected chi connectivity index (χ4v) is 2.67. The van der Waals surface area contributed by atoms with Gasteiger partial charge in [0.25, 0.3) is 0 Å². The zero-order valence-corrected chi connectivity index (χ0v) is 11.0. The molecule has 0 bridgehead atoms. The predicted molar refractivity (Wildman–Crippen MR) is 68.6 cm³/mol. The Morgan fingerprint density at radius 2 is 2.22 bits per heavy atom. The van der Waals surface area contributed by atoms with Gasteiger partial charge in [0, 0.05) is 12.7 Å². The number of sulfone groups is 1. The van der Waals surface area contributed by atoms with E-state index in [4.69, 9.17) is 5.73 Å². The minimum atomic E-state index is -3.70. The molecule has 0 radical (unpaired) electrons. The molecular weight excluding hydrogens is 254 g/mol. The summed E-state index contributed by atoms with van der Waals surface area (Å²) in [5.41, 5.74) is 5.59. The van der Waals surface area contributed by atoms with Gasteiger partial charge in [0.1, 0.15) is 5.75 Å². The number of aromatic nitrogens is 1. The second-order valence-electron chi connectivity index (χ2n) is 3.88. The normalized spacial score (nSPS) is 11.2. The van der Waals surface area contributed by atoms with E-state index in [0.717, 1.165) is 12.8 Å². The molecule has 0 aliphatic heterocycles. The number of unbranched alkanes of at least 4 members (excludes halogenated alkanes) is 1. The van der Waals surface area contributed by atoms with Crippen LogP contribution in [-0.2, 0) is 14.6 Å². The van der Waals surface area contributed by atoms with E-state index in [1.165, 1.54) is 18.5 Å². The van der Waals surface area contributed by atoms with Crippen LogP contribution in [0.5, 0.6) is 0 Å². The lowest BCUT2D eigenvalue weighted by Crippen LogP contribution is -2.31. The van der Waals surface area contributed by atoms with Gasteiger partial charge in [-0.3, -0.25) is 9.78 Å². The molecule has 1 rings (SSSR count). The average molecular weight is 271 g/mol. The fourth-order valence-electron chi connectivity index (χ4n) is 1.38. The number of hydrogen-bond acceptors (Lipinski definition) is 5. The van der Waals surface area contributed by atoms with E-state index in [-0.39, 0.29) is 10.6 Å². The van der Waals surface area contributed by atoms with E-state index >= 15 is 0 Å². The Morgan fingerprint density at radius 1 is 1.50 bits per heavy atom. The Balaban J connectivity index is 2.71. The van der Waals surface area contributed by atoms with Crippen LogP contribution in [0.3, 0.4) is 0 Å². The first-order valence-corrected chi connectivity index (χ1v) is 7.31. The number of anilines is 1. The summed E-state index contributed by atoms with van der Waals surface area (Å²) in [6.45, 7) is 2.47. The summed E-state index contributed by atoms with van der Waals surface area (Å²) in [6, 6.07) is 1.30. The third-order valence-corrected chi connectivity index (χ3v) is 4.00. The molecule has 1 aromatic rings. The van der Waals surface area contributed by atoms with Gasteiger partial charge in [-0.05, 0) is 12.5 Å². The van der Waals surface area contributed by atoms with Crippen molar-refractivity contribution in [2.45, 2.75) is 24.7 Å². The van der Waals surface area contributed by atoms with Crippen LogP contribution in [0.15, 0.2) is 23.4 Å². The van der Waals surface area contributed by atoms with Crippen molar-refractivity contribution < 1.29 is 13.2 Å². The summed E-state index contributed by atoms with van der Waals surface area (Å²) in [5, 5.41) is 2.55. The van der Waals surface area contributed by atoms with E-state index in [1.807, 2.05) is 6.92 Å².